The number of nitrogens with zero attached hydrogens (tertiary/aromatic N) is 1. The van der Waals surface area contributed by atoms with Crippen molar-refractivity contribution in [2.75, 3.05) is 25.6 Å². The smallest absolute Gasteiger partial charge is 0.265 e. The molecule has 2 rings (SSSR count). The average Bonchev–Trinajstić information content (AvgIpc) is 2.60. The SMILES string of the molecule is CCOc1c(Cl)cc(/C=N\OCC(=O)Nc2cccc(Cl)c2)cc1OC. The van der Waals surface area contributed by atoms with Gasteiger partial charge in [0.25, 0.3) is 5.91 Å². The molecule has 6 nitrogen and oxygen atoms in total. The topological polar surface area (TPSA) is 69.2 Å². The Morgan fingerprint density at radius 3 is 2.77 bits per heavy atom. The van der Waals surface area contributed by atoms with Gasteiger partial charge in [-0.1, -0.05) is 34.4 Å². The fourth-order valence-corrected chi connectivity index (χ4v) is 2.52. The van der Waals surface area contributed by atoms with Crippen molar-refractivity contribution in [1.82, 2.24) is 0 Å². The van der Waals surface area contributed by atoms with Gasteiger partial charge in [0.05, 0.1) is 25.0 Å². The standard InChI is InChI=1S/C18H18Cl2N2O4/c1-3-25-18-15(20)7-12(8-16(18)24-2)10-21-26-11-17(23)22-14-6-4-5-13(19)9-14/h4-10H,3,11H2,1-2H3,(H,22,23)/b21-10-. The molecule has 138 valence electrons. The van der Waals surface area contributed by atoms with E-state index in [1.165, 1.54) is 13.3 Å². The van der Waals surface area contributed by atoms with Crippen molar-refractivity contribution in [2.45, 2.75) is 6.92 Å². The lowest BCUT2D eigenvalue weighted by molar-refractivity contribution is -0.120. The molecule has 0 bridgehead atoms. The molecule has 8 heteroatoms. The molecule has 0 radical (unpaired) electrons. The maximum atomic E-state index is 11.8. The van der Waals surface area contributed by atoms with Crippen LogP contribution in [0, 0.1) is 0 Å². The van der Waals surface area contributed by atoms with E-state index in [0.717, 1.165) is 0 Å². The van der Waals surface area contributed by atoms with Crippen LogP contribution < -0.4 is 14.8 Å². The monoisotopic (exact) mass is 396 g/mol. The third-order valence-electron chi connectivity index (χ3n) is 3.12. The summed E-state index contributed by atoms with van der Waals surface area (Å²) >= 11 is 12.0. The molecule has 0 aliphatic carbocycles. The lowest BCUT2D eigenvalue weighted by Crippen LogP contribution is -2.16. The van der Waals surface area contributed by atoms with Gasteiger partial charge in [-0.3, -0.25) is 4.79 Å². The van der Waals surface area contributed by atoms with Gasteiger partial charge < -0.3 is 19.6 Å². The van der Waals surface area contributed by atoms with Gasteiger partial charge in [-0.25, -0.2) is 0 Å². The van der Waals surface area contributed by atoms with Crippen LogP contribution in [-0.4, -0.2) is 32.4 Å². The van der Waals surface area contributed by atoms with E-state index in [0.29, 0.717) is 39.4 Å². The zero-order valence-corrected chi connectivity index (χ0v) is 15.8. The van der Waals surface area contributed by atoms with Crippen LogP contribution in [0.15, 0.2) is 41.6 Å². The second-order valence-corrected chi connectivity index (χ2v) is 5.88. The zero-order chi connectivity index (χ0) is 18.9. The quantitative estimate of drug-likeness (QED) is 0.530. The Morgan fingerprint density at radius 2 is 2.08 bits per heavy atom. The molecule has 0 aromatic heterocycles. The highest BCUT2D eigenvalue weighted by Crippen LogP contribution is 2.35. The first-order chi connectivity index (χ1) is 12.5. The molecule has 0 unspecified atom stereocenters. The van der Waals surface area contributed by atoms with Crippen molar-refractivity contribution in [3.63, 3.8) is 0 Å². The summed E-state index contributed by atoms with van der Waals surface area (Å²) in [4.78, 5) is 16.8. The van der Waals surface area contributed by atoms with Crippen molar-refractivity contribution < 1.29 is 19.1 Å². The predicted octanol–water partition coefficient (Wildman–Crippen LogP) is 4.39. The Kier molecular flexibility index (Phi) is 7.56. The van der Waals surface area contributed by atoms with Crippen LogP contribution in [0.5, 0.6) is 11.5 Å². The van der Waals surface area contributed by atoms with Gasteiger partial charge in [-0.05, 0) is 37.3 Å². The molecule has 0 saturated carbocycles. The van der Waals surface area contributed by atoms with Crippen molar-refractivity contribution >= 4 is 41.0 Å². The number of oxime groups is 1. The van der Waals surface area contributed by atoms with Crippen LogP contribution in [0.25, 0.3) is 0 Å². The van der Waals surface area contributed by atoms with Crippen molar-refractivity contribution in [1.29, 1.82) is 0 Å². The summed E-state index contributed by atoms with van der Waals surface area (Å²) in [5.41, 5.74) is 1.23. The molecule has 1 N–H and O–H groups in total. The summed E-state index contributed by atoms with van der Waals surface area (Å²) in [6.45, 7) is 2.08. The maximum absolute atomic E-state index is 11.8. The predicted molar refractivity (Wildman–Crippen MR) is 103 cm³/mol. The van der Waals surface area contributed by atoms with E-state index in [1.54, 1.807) is 36.4 Å². The summed E-state index contributed by atoms with van der Waals surface area (Å²) in [5.74, 6) is 0.599. The second-order valence-electron chi connectivity index (χ2n) is 5.03. The average molecular weight is 397 g/mol. The number of hydrogen-bond acceptors (Lipinski definition) is 5. The Hall–Kier alpha value is -2.44. The van der Waals surface area contributed by atoms with E-state index in [-0.39, 0.29) is 12.5 Å². The van der Waals surface area contributed by atoms with Crippen molar-refractivity contribution in [2.24, 2.45) is 5.16 Å². The molecule has 26 heavy (non-hydrogen) atoms. The van der Waals surface area contributed by atoms with Crippen LogP contribution >= 0.6 is 23.2 Å². The van der Waals surface area contributed by atoms with E-state index >= 15 is 0 Å². The van der Waals surface area contributed by atoms with E-state index in [9.17, 15) is 4.79 Å². The molecular weight excluding hydrogens is 379 g/mol. The van der Waals surface area contributed by atoms with Crippen molar-refractivity contribution in [3.05, 3.63) is 52.0 Å². The highest BCUT2D eigenvalue weighted by atomic mass is 35.5. The number of benzene rings is 2. The van der Waals surface area contributed by atoms with Gasteiger partial charge in [-0.2, -0.15) is 0 Å². The Morgan fingerprint density at radius 1 is 1.27 bits per heavy atom. The maximum Gasteiger partial charge on any atom is 0.265 e. The number of carbonyl (C=O) groups is 1. The molecule has 0 spiro atoms. The van der Waals surface area contributed by atoms with Crippen LogP contribution in [0.4, 0.5) is 5.69 Å². The fraction of sp³-hybridized carbons (Fsp3) is 0.222. The number of nitrogens with one attached hydrogen (secondary N) is 1. The van der Waals surface area contributed by atoms with Crippen LogP contribution in [0.1, 0.15) is 12.5 Å². The molecule has 0 heterocycles. The van der Waals surface area contributed by atoms with Crippen LogP contribution in [-0.2, 0) is 9.63 Å². The Bertz CT molecular complexity index is 797. The van der Waals surface area contributed by atoms with E-state index < -0.39 is 0 Å². The molecule has 0 aliphatic heterocycles. The number of halogens is 2. The Balaban J connectivity index is 1.92. The number of amides is 1. The molecular formula is C18H18Cl2N2O4. The first kappa shape index (κ1) is 19.9. The van der Waals surface area contributed by atoms with Gasteiger partial charge >= 0.3 is 0 Å². The normalized spacial score (nSPS) is 10.6. The van der Waals surface area contributed by atoms with Gasteiger partial charge in [-0.15, -0.1) is 0 Å². The first-order valence-corrected chi connectivity index (χ1v) is 8.50. The largest absolute Gasteiger partial charge is 0.493 e. The lowest BCUT2D eigenvalue weighted by Gasteiger charge is -2.11. The van der Waals surface area contributed by atoms with E-state index in [2.05, 4.69) is 10.5 Å². The number of anilines is 1. The molecule has 1 amide bonds. The van der Waals surface area contributed by atoms with Gasteiger partial charge in [0, 0.05) is 16.3 Å². The number of methoxy groups -OCH3 is 1. The minimum Gasteiger partial charge on any atom is -0.493 e. The molecule has 0 atom stereocenters. The van der Waals surface area contributed by atoms with E-state index in [1.807, 2.05) is 6.92 Å². The lowest BCUT2D eigenvalue weighted by atomic mass is 10.2. The summed E-state index contributed by atoms with van der Waals surface area (Å²) in [6.07, 6.45) is 1.43. The van der Waals surface area contributed by atoms with Gasteiger partial charge in [0.15, 0.2) is 18.1 Å². The number of hydrogen-bond donors (Lipinski definition) is 1. The third-order valence-corrected chi connectivity index (χ3v) is 3.64. The number of rotatable bonds is 8. The molecule has 2 aromatic carbocycles. The highest BCUT2D eigenvalue weighted by Gasteiger charge is 2.11. The summed E-state index contributed by atoms with van der Waals surface area (Å²) in [6, 6.07) is 10.2. The Labute approximate surface area is 161 Å². The molecule has 0 aliphatic rings. The van der Waals surface area contributed by atoms with Crippen molar-refractivity contribution in [3.8, 4) is 11.5 Å². The third kappa shape index (κ3) is 5.82. The fourth-order valence-electron chi connectivity index (χ4n) is 2.06. The summed E-state index contributed by atoms with van der Waals surface area (Å²) < 4.78 is 10.7. The summed E-state index contributed by atoms with van der Waals surface area (Å²) in [5, 5.41) is 7.34. The van der Waals surface area contributed by atoms with Crippen LogP contribution in [0.3, 0.4) is 0 Å². The number of ether oxygens (including phenoxy) is 2. The zero-order valence-electron chi connectivity index (χ0n) is 14.3. The van der Waals surface area contributed by atoms with E-state index in [4.69, 9.17) is 37.5 Å². The first-order valence-electron chi connectivity index (χ1n) is 7.74. The van der Waals surface area contributed by atoms with Gasteiger partial charge in [0.2, 0.25) is 0 Å². The molecule has 0 saturated heterocycles. The minimum absolute atomic E-state index is 0.245. The molecule has 0 fully saturated rings. The number of carbonyl (C=O) groups excluding carboxylic acids is 1. The summed E-state index contributed by atoms with van der Waals surface area (Å²) in [7, 11) is 1.52. The molecule has 2 aromatic rings. The highest BCUT2D eigenvalue weighted by molar-refractivity contribution is 6.32. The second kappa shape index (κ2) is 9.89. The van der Waals surface area contributed by atoms with Crippen LogP contribution in [0.2, 0.25) is 10.0 Å². The van der Waals surface area contributed by atoms with Gasteiger partial charge in [0.1, 0.15) is 0 Å². The minimum atomic E-state index is -0.355.